The topological polar surface area (TPSA) is 81.8 Å². The molecular weight excluding hydrogens is 340 g/mol. The molecule has 0 aliphatic rings. The summed E-state index contributed by atoms with van der Waals surface area (Å²) in [6.45, 7) is 3.11. The Labute approximate surface area is 151 Å². The van der Waals surface area contributed by atoms with Gasteiger partial charge < -0.3 is 15.5 Å². The maximum absolute atomic E-state index is 12.1. The van der Waals surface area contributed by atoms with Crippen molar-refractivity contribution in [2.75, 3.05) is 46.5 Å². The second kappa shape index (κ2) is 10.4. The van der Waals surface area contributed by atoms with Gasteiger partial charge in [0.2, 0.25) is 10.0 Å². The van der Waals surface area contributed by atoms with Crippen molar-refractivity contribution in [1.29, 1.82) is 0 Å². The van der Waals surface area contributed by atoms with Crippen LogP contribution in [0, 0.1) is 0 Å². The van der Waals surface area contributed by atoms with Crippen molar-refractivity contribution in [3.8, 4) is 0 Å². The van der Waals surface area contributed by atoms with Gasteiger partial charge in [0.1, 0.15) is 0 Å². The minimum Gasteiger partial charge on any atom is -0.338 e. The Morgan fingerprint density at radius 3 is 2.36 bits per heavy atom. The van der Waals surface area contributed by atoms with Gasteiger partial charge in [-0.1, -0.05) is 30.3 Å². The molecule has 0 heterocycles. The molecule has 0 bridgehead atoms. The highest BCUT2D eigenvalue weighted by atomic mass is 32.2. The van der Waals surface area contributed by atoms with Gasteiger partial charge in [-0.3, -0.25) is 0 Å². The van der Waals surface area contributed by atoms with Crippen molar-refractivity contribution in [3.05, 3.63) is 35.9 Å². The van der Waals surface area contributed by atoms with Crippen LogP contribution in [0.1, 0.15) is 24.9 Å². The molecule has 1 aromatic carbocycles. The van der Waals surface area contributed by atoms with E-state index in [1.54, 1.807) is 14.0 Å². The van der Waals surface area contributed by atoms with Crippen LogP contribution in [0.2, 0.25) is 0 Å². The third kappa shape index (κ3) is 7.85. The van der Waals surface area contributed by atoms with Gasteiger partial charge in [0.05, 0.1) is 11.8 Å². The molecule has 1 rings (SSSR count). The molecule has 0 aliphatic carbocycles. The Hall–Kier alpha value is -1.64. The minimum absolute atomic E-state index is 0.0840. The first kappa shape index (κ1) is 21.4. The van der Waals surface area contributed by atoms with Gasteiger partial charge in [-0.15, -0.1) is 0 Å². The normalized spacial score (nSPS) is 13.0. The smallest absolute Gasteiger partial charge is 0.315 e. The first-order valence-corrected chi connectivity index (χ1v) is 10.0. The zero-order valence-electron chi connectivity index (χ0n) is 15.5. The molecule has 0 radical (unpaired) electrons. The SMILES string of the molecule is CCS(=O)(=O)N(C)CCCNC(=O)NC(CN(C)C)c1ccccc1. The van der Waals surface area contributed by atoms with E-state index in [2.05, 4.69) is 10.6 Å². The lowest BCUT2D eigenvalue weighted by molar-refractivity contribution is 0.232. The van der Waals surface area contributed by atoms with Crippen LogP contribution in [-0.4, -0.2) is 70.2 Å². The monoisotopic (exact) mass is 370 g/mol. The van der Waals surface area contributed by atoms with Crippen molar-refractivity contribution in [3.63, 3.8) is 0 Å². The molecule has 2 N–H and O–H groups in total. The Kier molecular flexibility index (Phi) is 8.88. The third-order valence-corrected chi connectivity index (χ3v) is 5.69. The summed E-state index contributed by atoms with van der Waals surface area (Å²) >= 11 is 0. The zero-order chi connectivity index (χ0) is 18.9. The minimum atomic E-state index is -3.17. The summed E-state index contributed by atoms with van der Waals surface area (Å²) in [4.78, 5) is 14.1. The molecule has 1 unspecified atom stereocenters. The van der Waals surface area contributed by atoms with E-state index >= 15 is 0 Å². The average Bonchev–Trinajstić information content (AvgIpc) is 2.58. The van der Waals surface area contributed by atoms with Crippen LogP contribution < -0.4 is 10.6 Å². The van der Waals surface area contributed by atoms with Gasteiger partial charge in [-0.25, -0.2) is 17.5 Å². The molecule has 0 saturated carbocycles. The van der Waals surface area contributed by atoms with Gasteiger partial charge >= 0.3 is 6.03 Å². The van der Waals surface area contributed by atoms with E-state index in [1.165, 1.54) is 4.31 Å². The number of nitrogens with one attached hydrogen (secondary N) is 2. The van der Waals surface area contributed by atoms with E-state index in [9.17, 15) is 13.2 Å². The highest BCUT2D eigenvalue weighted by Crippen LogP contribution is 2.13. The fraction of sp³-hybridized carbons (Fsp3) is 0.588. The van der Waals surface area contributed by atoms with Gasteiger partial charge in [0.15, 0.2) is 0 Å². The number of rotatable bonds is 10. The third-order valence-electron chi connectivity index (χ3n) is 3.83. The molecular formula is C17H30N4O3S. The number of nitrogens with zero attached hydrogens (tertiary/aromatic N) is 2. The summed E-state index contributed by atoms with van der Waals surface area (Å²) in [5.41, 5.74) is 1.04. The lowest BCUT2D eigenvalue weighted by Crippen LogP contribution is -2.42. The fourth-order valence-corrected chi connectivity index (χ4v) is 3.21. The van der Waals surface area contributed by atoms with Crippen LogP contribution >= 0.6 is 0 Å². The van der Waals surface area contributed by atoms with Crippen LogP contribution in [0.25, 0.3) is 0 Å². The zero-order valence-corrected chi connectivity index (χ0v) is 16.3. The predicted molar refractivity (Wildman–Crippen MR) is 101 cm³/mol. The van der Waals surface area contributed by atoms with Crippen LogP contribution in [0.4, 0.5) is 4.79 Å². The molecule has 25 heavy (non-hydrogen) atoms. The van der Waals surface area contributed by atoms with Crippen LogP contribution in [0.5, 0.6) is 0 Å². The van der Waals surface area contributed by atoms with Crippen molar-refractivity contribution in [2.24, 2.45) is 0 Å². The average molecular weight is 371 g/mol. The maximum atomic E-state index is 12.1. The van der Waals surface area contributed by atoms with Crippen LogP contribution in [0.15, 0.2) is 30.3 Å². The molecule has 7 nitrogen and oxygen atoms in total. The fourth-order valence-electron chi connectivity index (χ4n) is 2.36. The number of benzene rings is 1. The van der Waals surface area contributed by atoms with Crippen LogP contribution in [0.3, 0.4) is 0 Å². The lowest BCUT2D eigenvalue weighted by atomic mass is 10.1. The van der Waals surface area contributed by atoms with Gasteiger partial charge in [0, 0.05) is 26.7 Å². The van der Waals surface area contributed by atoms with Crippen molar-refractivity contribution in [1.82, 2.24) is 19.8 Å². The number of urea groups is 1. The quantitative estimate of drug-likeness (QED) is 0.608. The van der Waals surface area contributed by atoms with E-state index in [0.717, 1.165) is 5.56 Å². The first-order valence-electron chi connectivity index (χ1n) is 8.44. The van der Waals surface area contributed by atoms with E-state index in [0.29, 0.717) is 26.1 Å². The Balaban J connectivity index is 2.45. The van der Waals surface area contributed by atoms with Crippen molar-refractivity contribution < 1.29 is 13.2 Å². The van der Waals surface area contributed by atoms with E-state index < -0.39 is 10.0 Å². The number of carbonyl (C=O) groups excluding carboxylic acids is 1. The molecule has 0 spiro atoms. The number of hydrogen-bond acceptors (Lipinski definition) is 4. The van der Waals surface area contributed by atoms with E-state index in [1.807, 2.05) is 49.3 Å². The Bertz CT molecular complexity index is 620. The van der Waals surface area contributed by atoms with Crippen molar-refractivity contribution >= 4 is 16.1 Å². The molecule has 8 heteroatoms. The second-order valence-electron chi connectivity index (χ2n) is 6.20. The van der Waals surface area contributed by atoms with Crippen molar-refractivity contribution in [2.45, 2.75) is 19.4 Å². The summed E-state index contributed by atoms with van der Waals surface area (Å²) in [6, 6.07) is 9.44. The molecule has 2 amide bonds. The summed E-state index contributed by atoms with van der Waals surface area (Å²) < 4.78 is 24.6. The maximum Gasteiger partial charge on any atom is 0.315 e. The number of hydrogen-bond donors (Lipinski definition) is 2. The molecule has 0 aromatic heterocycles. The predicted octanol–water partition coefficient (Wildman–Crippen LogP) is 1.26. The summed E-state index contributed by atoms with van der Waals surface area (Å²) in [6.07, 6.45) is 0.562. The standard InChI is InChI=1S/C17H30N4O3S/c1-5-25(23,24)21(4)13-9-12-18-17(22)19-16(14-20(2)3)15-10-7-6-8-11-15/h6-8,10-11,16H,5,9,12-14H2,1-4H3,(H2,18,19,22). The summed E-state index contributed by atoms with van der Waals surface area (Å²) in [7, 11) is 2.30. The Morgan fingerprint density at radius 2 is 1.80 bits per heavy atom. The number of amides is 2. The Morgan fingerprint density at radius 1 is 1.16 bits per heavy atom. The number of sulfonamides is 1. The highest BCUT2D eigenvalue weighted by Gasteiger charge is 2.16. The first-order chi connectivity index (χ1) is 11.8. The van der Waals surface area contributed by atoms with Gasteiger partial charge in [-0.05, 0) is 33.0 Å². The molecule has 142 valence electrons. The van der Waals surface area contributed by atoms with Crippen LogP contribution in [-0.2, 0) is 10.0 Å². The number of carbonyl (C=O) groups is 1. The highest BCUT2D eigenvalue weighted by molar-refractivity contribution is 7.89. The summed E-state index contributed by atoms with van der Waals surface area (Å²) in [5.74, 6) is 0.0840. The number of likely N-dealkylation sites (N-methyl/N-ethyl adjacent to an activating group) is 1. The molecule has 0 aliphatic heterocycles. The summed E-state index contributed by atoms with van der Waals surface area (Å²) in [5, 5.41) is 5.76. The molecule has 1 aromatic rings. The van der Waals surface area contributed by atoms with Gasteiger partial charge in [-0.2, -0.15) is 0 Å². The molecule has 0 saturated heterocycles. The van der Waals surface area contributed by atoms with E-state index in [4.69, 9.17) is 0 Å². The lowest BCUT2D eigenvalue weighted by Gasteiger charge is -2.23. The van der Waals surface area contributed by atoms with E-state index in [-0.39, 0.29) is 17.8 Å². The molecule has 1 atom stereocenters. The largest absolute Gasteiger partial charge is 0.338 e. The second-order valence-corrected chi connectivity index (χ2v) is 8.57. The molecule has 0 fully saturated rings. The van der Waals surface area contributed by atoms with Gasteiger partial charge in [0.25, 0.3) is 0 Å².